The second-order valence-electron chi connectivity index (χ2n) is 8.25. The average molecular weight is 517 g/mol. The van der Waals surface area contributed by atoms with E-state index in [-0.39, 0.29) is 17.2 Å². The zero-order chi connectivity index (χ0) is 26.6. The molecule has 1 fully saturated rings. The van der Waals surface area contributed by atoms with Gasteiger partial charge in [-0.1, -0.05) is 0 Å². The maximum Gasteiger partial charge on any atom is 0.420 e. The van der Waals surface area contributed by atoms with E-state index in [0.717, 1.165) is 12.1 Å². The molecule has 1 atom stereocenters. The van der Waals surface area contributed by atoms with Crippen LogP contribution in [0.4, 0.5) is 18.0 Å². The molecule has 13 heteroatoms. The summed E-state index contributed by atoms with van der Waals surface area (Å²) in [5, 5.41) is 5.34. The van der Waals surface area contributed by atoms with Crippen molar-refractivity contribution >= 4 is 12.0 Å². The van der Waals surface area contributed by atoms with Crippen molar-refractivity contribution in [1.29, 1.82) is 0 Å². The molecule has 0 radical (unpaired) electrons. The predicted octanol–water partition coefficient (Wildman–Crippen LogP) is 4.19. The molecule has 0 spiro atoms. The van der Waals surface area contributed by atoms with Gasteiger partial charge in [-0.2, -0.15) is 13.2 Å². The molecule has 1 aliphatic rings. The number of halogens is 3. The summed E-state index contributed by atoms with van der Waals surface area (Å²) in [4.78, 5) is 36.7. The van der Waals surface area contributed by atoms with E-state index >= 15 is 0 Å². The Labute approximate surface area is 209 Å². The van der Waals surface area contributed by atoms with E-state index in [1.807, 2.05) is 0 Å². The Morgan fingerprint density at radius 3 is 2.32 bits per heavy atom. The van der Waals surface area contributed by atoms with Gasteiger partial charge in [0, 0.05) is 0 Å². The van der Waals surface area contributed by atoms with Crippen LogP contribution in [0.25, 0.3) is 0 Å². The zero-order valence-electron chi connectivity index (χ0n) is 19.7. The van der Waals surface area contributed by atoms with E-state index in [1.165, 1.54) is 50.2 Å². The van der Waals surface area contributed by atoms with Crippen LogP contribution in [-0.4, -0.2) is 39.6 Å². The van der Waals surface area contributed by atoms with Crippen LogP contribution in [0, 0.1) is 0 Å². The van der Waals surface area contributed by atoms with Gasteiger partial charge in [-0.25, -0.2) is 14.8 Å². The van der Waals surface area contributed by atoms with Crippen molar-refractivity contribution < 1.29 is 37.0 Å². The standard InChI is InChI=1S/C24H22F3N5O5/c1-14(31-21(33)23(7-8-23)32-22(34)37-17-10-28-13-29-11-17)19-5-3-16(12-30-19)36-20-6-4-15(35-2)9-18(20)24(25,26)27/h3-6,9-14H,7-8H2,1-2H3,(H,31,33)(H,32,34). The van der Waals surface area contributed by atoms with Gasteiger partial charge in [0.05, 0.1) is 37.4 Å². The summed E-state index contributed by atoms with van der Waals surface area (Å²) in [5.41, 5.74) is -1.66. The molecule has 0 aliphatic heterocycles. The van der Waals surface area contributed by atoms with Crippen molar-refractivity contribution in [2.24, 2.45) is 0 Å². The first-order valence-electron chi connectivity index (χ1n) is 11.0. The number of carbonyl (C=O) groups is 2. The molecule has 0 saturated heterocycles. The Morgan fingerprint density at radius 1 is 1.03 bits per heavy atom. The van der Waals surface area contributed by atoms with E-state index in [2.05, 4.69) is 25.6 Å². The van der Waals surface area contributed by atoms with E-state index in [9.17, 15) is 22.8 Å². The summed E-state index contributed by atoms with van der Waals surface area (Å²) in [6, 6.07) is 5.77. The van der Waals surface area contributed by atoms with E-state index in [1.54, 1.807) is 6.92 Å². The Kier molecular flexibility index (Phi) is 7.14. The SMILES string of the molecule is COc1ccc(Oc2ccc(C(C)NC(=O)C3(NC(=O)Oc4cncnc4)CC3)nc2)c(C(F)(F)F)c1. The number of aromatic nitrogens is 3. The molecule has 1 saturated carbocycles. The minimum atomic E-state index is -4.65. The number of amides is 2. The molecule has 3 aromatic rings. The third kappa shape index (κ3) is 6.23. The van der Waals surface area contributed by atoms with Gasteiger partial charge in [-0.05, 0) is 50.1 Å². The molecule has 2 N–H and O–H groups in total. The fraction of sp³-hybridized carbons (Fsp3) is 0.292. The van der Waals surface area contributed by atoms with Crippen molar-refractivity contribution in [1.82, 2.24) is 25.6 Å². The summed E-state index contributed by atoms with van der Waals surface area (Å²) in [7, 11) is 1.27. The van der Waals surface area contributed by atoms with Crippen LogP contribution >= 0.6 is 0 Å². The van der Waals surface area contributed by atoms with Gasteiger partial charge in [0.2, 0.25) is 5.91 Å². The van der Waals surface area contributed by atoms with Gasteiger partial charge < -0.3 is 24.8 Å². The molecule has 2 aromatic heterocycles. The highest BCUT2D eigenvalue weighted by Crippen LogP contribution is 2.40. The van der Waals surface area contributed by atoms with Crippen molar-refractivity contribution in [3.05, 3.63) is 66.5 Å². The molecule has 37 heavy (non-hydrogen) atoms. The fourth-order valence-electron chi connectivity index (χ4n) is 3.39. The van der Waals surface area contributed by atoms with Crippen LogP contribution < -0.4 is 24.8 Å². The first-order valence-corrected chi connectivity index (χ1v) is 11.0. The van der Waals surface area contributed by atoms with Gasteiger partial charge in [0.15, 0.2) is 5.75 Å². The number of rotatable bonds is 8. The van der Waals surface area contributed by atoms with Gasteiger partial charge in [0.25, 0.3) is 0 Å². The molecular formula is C24H22F3N5O5. The largest absolute Gasteiger partial charge is 0.497 e. The summed E-state index contributed by atoms with van der Waals surface area (Å²) in [6.07, 6.45) is 0.555. The predicted molar refractivity (Wildman–Crippen MR) is 122 cm³/mol. The van der Waals surface area contributed by atoms with Crippen LogP contribution in [0.1, 0.15) is 37.1 Å². The number of carbonyl (C=O) groups excluding carboxylic acids is 2. The lowest BCUT2D eigenvalue weighted by molar-refractivity contribution is -0.138. The van der Waals surface area contributed by atoms with Crippen LogP contribution in [0.3, 0.4) is 0 Å². The van der Waals surface area contributed by atoms with E-state index in [0.29, 0.717) is 18.5 Å². The Bertz CT molecular complexity index is 1270. The normalized spacial score (nSPS) is 14.7. The lowest BCUT2D eigenvalue weighted by Gasteiger charge is -2.20. The Hall–Kier alpha value is -4.42. The number of pyridine rings is 1. The molecule has 1 aliphatic carbocycles. The minimum Gasteiger partial charge on any atom is -0.497 e. The Morgan fingerprint density at radius 2 is 1.73 bits per heavy atom. The third-order valence-electron chi connectivity index (χ3n) is 5.54. The van der Waals surface area contributed by atoms with Crippen molar-refractivity contribution in [3.8, 4) is 23.0 Å². The number of hydrogen-bond acceptors (Lipinski definition) is 8. The number of benzene rings is 1. The molecular weight excluding hydrogens is 495 g/mol. The number of methoxy groups -OCH3 is 1. The van der Waals surface area contributed by atoms with Gasteiger partial charge in [-0.15, -0.1) is 0 Å². The smallest absolute Gasteiger partial charge is 0.420 e. The number of nitrogens with one attached hydrogen (secondary N) is 2. The average Bonchev–Trinajstić information content (AvgIpc) is 3.65. The number of ether oxygens (including phenoxy) is 3. The molecule has 4 rings (SSSR count). The van der Waals surface area contributed by atoms with E-state index in [4.69, 9.17) is 14.2 Å². The third-order valence-corrected chi connectivity index (χ3v) is 5.54. The van der Waals surface area contributed by atoms with Gasteiger partial charge in [0.1, 0.15) is 34.7 Å². The topological polar surface area (TPSA) is 125 Å². The maximum absolute atomic E-state index is 13.4. The summed E-state index contributed by atoms with van der Waals surface area (Å²) in [5.74, 6) is -0.571. The minimum absolute atomic E-state index is 0.0444. The highest BCUT2D eigenvalue weighted by Gasteiger charge is 2.52. The lowest BCUT2D eigenvalue weighted by Crippen LogP contribution is -2.50. The second-order valence-corrected chi connectivity index (χ2v) is 8.25. The van der Waals surface area contributed by atoms with Crippen LogP contribution in [-0.2, 0) is 11.0 Å². The number of hydrogen-bond donors (Lipinski definition) is 2. The summed E-state index contributed by atoms with van der Waals surface area (Å²) >= 11 is 0. The zero-order valence-corrected chi connectivity index (χ0v) is 19.7. The van der Waals surface area contributed by atoms with Crippen LogP contribution in [0.5, 0.6) is 23.0 Å². The molecule has 2 heterocycles. The molecule has 2 amide bonds. The first kappa shape index (κ1) is 25.7. The monoisotopic (exact) mass is 517 g/mol. The maximum atomic E-state index is 13.4. The summed E-state index contributed by atoms with van der Waals surface area (Å²) < 4.78 is 55.6. The molecule has 1 aromatic carbocycles. The second kappa shape index (κ2) is 10.3. The lowest BCUT2D eigenvalue weighted by atomic mass is 10.1. The van der Waals surface area contributed by atoms with Gasteiger partial charge in [-0.3, -0.25) is 9.78 Å². The Balaban J connectivity index is 1.37. The summed E-state index contributed by atoms with van der Waals surface area (Å²) in [6.45, 7) is 1.68. The number of nitrogens with zero attached hydrogens (tertiary/aromatic N) is 3. The van der Waals surface area contributed by atoms with Crippen molar-refractivity contribution in [2.75, 3.05) is 7.11 Å². The van der Waals surface area contributed by atoms with E-state index < -0.39 is 41.1 Å². The molecule has 0 bridgehead atoms. The van der Waals surface area contributed by atoms with Gasteiger partial charge >= 0.3 is 12.3 Å². The quantitative estimate of drug-likeness (QED) is 0.456. The van der Waals surface area contributed by atoms with Crippen LogP contribution in [0.2, 0.25) is 0 Å². The molecule has 1 unspecified atom stereocenters. The highest BCUT2D eigenvalue weighted by atomic mass is 19.4. The van der Waals surface area contributed by atoms with Crippen LogP contribution in [0.15, 0.2) is 55.2 Å². The highest BCUT2D eigenvalue weighted by molar-refractivity contribution is 5.93. The fourth-order valence-corrected chi connectivity index (χ4v) is 3.39. The first-order chi connectivity index (χ1) is 17.6. The van der Waals surface area contributed by atoms with Crippen molar-refractivity contribution in [3.63, 3.8) is 0 Å². The van der Waals surface area contributed by atoms with Crippen molar-refractivity contribution in [2.45, 2.75) is 37.5 Å². The molecule has 10 nitrogen and oxygen atoms in total. The molecule has 194 valence electrons. The number of alkyl halides is 3.